The lowest BCUT2D eigenvalue weighted by Gasteiger charge is -2.37. The first-order valence-corrected chi connectivity index (χ1v) is 6.63. The van der Waals surface area contributed by atoms with Gasteiger partial charge in [0, 0.05) is 36.5 Å². The van der Waals surface area contributed by atoms with E-state index in [-0.39, 0.29) is 18.9 Å². The predicted octanol–water partition coefficient (Wildman–Crippen LogP) is 2.78. The second-order valence-corrected chi connectivity index (χ2v) is 5.51. The Morgan fingerprint density at radius 1 is 1.16 bits per heavy atom. The molecule has 1 N–H and O–H groups in total. The van der Waals surface area contributed by atoms with Gasteiger partial charge in [0.2, 0.25) is 0 Å². The molecule has 1 heterocycles. The Hall–Kier alpha value is -1.17. The summed E-state index contributed by atoms with van der Waals surface area (Å²) in [7, 11) is 0. The minimum Gasteiger partial charge on any atom is -0.310 e. The lowest BCUT2D eigenvalue weighted by molar-refractivity contribution is -0.199. The van der Waals surface area contributed by atoms with Crippen molar-refractivity contribution in [2.45, 2.75) is 50.4 Å². The van der Waals surface area contributed by atoms with E-state index in [2.05, 4.69) is 15.3 Å². The van der Waals surface area contributed by atoms with Gasteiger partial charge in [0.15, 0.2) is 0 Å². The zero-order chi connectivity index (χ0) is 13.5. The highest BCUT2D eigenvalue weighted by Crippen LogP contribution is 2.41. The number of nitrogens with zero attached hydrogens (tertiary/aromatic N) is 2. The molecule has 1 aromatic heterocycles. The van der Waals surface area contributed by atoms with Crippen LogP contribution in [0.3, 0.4) is 0 Å². The van der Waals surface area contributed by atoms with Crippen LogP contribution in [0.25, 0.3) is 0 Å². The maximum absolute atomic E-state index is 12.3. The van der Waals surface area contributed by atoms with Crippen molar-refractivity contribution in [2.75, 3.05) is 0 Å². The quantitative estimate of drug-likeness (QED) is 0.915. The third kappa shape index (κ3) is 3.05. The molecule has 0 aromatic carbocycles. The maximum atomic E-state index is 12.3. The molecule has 1 aromatic rings. The monoisotopic (exact) mass is 271 g/mol. The Balaban J connectivity index is 1.43. The van der Waals surface area contributed by atoms with Crippen molar-refractivity contribution < 1.29 is 13.2 Å². The van der Waals surface area contributed by atoms with E-state index in [0.29, 0.717) is 12.5 Å². The van der Waals surface area contributed by atoms with Crippen LogP contribution in [0.4, 0.5) is 13.2 Å². The van der Waals surface area contributed by atoms with E-state index in [1.807, 2.05) is 0 Å². The van der Waals surface area contributed by atoms with Gasteiger partial charge in [0.25, 0.3) is 0 Å². The van der Waals surface area contributed by atoms with E-state index in [1.54, 1.807) is 12.4 Å². The predicted molar refractivity (Wildman–Crippen MR) is 63.4 cm³/mol. The Morgan fingerprint density at radius 3 is 2.32 bits per heavy atom. The first-order chi connectivity index (χ1) is 9.02. The summed E-state index contributed by atoms with van der Waals surface area (Å²) in [5.41, 5.74) is 0.930. The van der Waals surface area contributed by atoms with Crippen molar-refractivity contribution in [3.8, 4) is 0 Å². The van der Waals surface area contributed by atoms with Crippen molar-refractivity contribution in [2.24, 2.45) is 5.92 Å². The van der Waals surface area contributed by atoms with Crippen molar-refractivity contribution in [1.29, 1.82) is 0 Å². The summed E-state index contributed by atoms with van der Waals surface area (Å²) >= 11 is 0. The van der Waals surface area contributed by atoms with Gasteiger partial charge in [-0.05, 0) is 25.7 Å². The van der Waals surface area contributed by atoms with Gasteiger partial charge in [-0.1, -0.05) is 0 Å². The summed E-state index contributed by atoms with van der Waals surface area (Å²) in [5.74, 6) is 0.296. The number of aromatic nitrogens is 2. The van der Waals surface area contributed by atoms with E-state index < -0.39 is 12.1 Å². The van der Waals surface area contributed by atoms with E-state index in [1.165, 1.54) is 12.8 Å². The SMILES string of the molecule is FC(F)(F)C1CC(NCc2cnc(C3CC3)nc2)C1. The van der Waals surface area contributed by atoms with Crippen LogP contribution < -0.4 is 5.32 Å². The van der Waals surface area contributed by atoms with Crippen molar-refractivity contribution in [3.05, 3.63) is 23.8 Å². The van der Waals surface area contributed by atoms with Crippen LogP contribution in [0, 0.1) is 5.92 Å². The summed E-state index contributed by atoms with van der Waals surface area (Å²) in [4.78, 5) is 8.57. The van der Waals surface area contributed by atoms with Crippen LogP contribution in [-0.4, -0.2) is 22.2 Å². The van der Waals surface area contributed by atoms with Crippen LogP contribution in [0.5, 0.6) is 0 Å². The molecule has 0 unspecified atom stereocenters. The summed E-state index contributed by atoms with van der Waals surface area (Å²) in [6.45, 7) is 0.542. The fourth-order valence-electron chi connectivity index (χ4n) is 2.32. The molecule has 0 atom stereocenters. The number of hydrogen-bond acceptors (Lipinski definition) is 3. The molecule has 0 saturated heterocycles. The molecular weight excluding hydrogens is 255 g/mol. The second-order valence-electron chi connectivity index (χ2n) is 5.51. The van der Waals surface area contributed by atoms with Gasteiger partial charge in [-0.3, -0.25) is 0 Å². The molecular formula is C13H16F3N3. The lowest BCUT2D eigenvalue weighted by Crippen LogP contribution is -2.46. The average molecular weight is 271 g/mol. The Bertz CT molecular complexity index is 433. The smallest absolute Gasteiger partial charge is 0.310 e. The fourth-order valence-corrected chi connectivity index (χ4v) is 2.32. The fraction of sp³-hybridized carbons (Fsp3) is 0.692. The summed E-state index contributed by atoms with van der Waals surface area (Å²) in [6, 6.07) is -0.0327. The van der Waals surface area contributed by atoms with Crippen LogP contribution in [0.15, 0.2) is 12.4 Å². The van der Waals surface area contributed by atoms with Crippen LogP contribution in [0.2, 0.25) is 0 Å². The van der Waals surface area contributed by atoms with Crippen molar-refractivity contribution in [3.63, 3.8) is 0 Å². The first-order valence-electron chi connectivity index (χ1n) is 6.63. The largest absolute Gasteiger partial charge is 0.391 e. The van der Waals surface area contributed by atoms with Gasteiger partial charge in [0.05, 0.1) is 5.92 Å². The summed E-state index contributed by atoms with van der Waals surface area (Å²) in [5, 5.41) is 3.12. The normalized spacial score (nSPS) is 27.1. The van der Waals surface area contributed by atoms with E-state index >= 15 is 0 Å². The summed E-state index contributed by atoms with van der Waals surface area (Å²) < 4.78 is 36.9. The number of rotatable bonds is 4. The molecule has 2 saturated carbocycles. The molecule has 2 fully saturated rings. The first kappa shape index (κ1) is 12.8. The minimum atomic E-state index is -4.03. The van der Waals surface area contributed by atoms with Gasteiger partial charge >= 0.3 is 6.18 Å². The molecule has 0 bridgehead atoms. The maximum Gasteiger partial charge on any atom is 0.391 e. The van der Waals surface area contributed by atoms with Crippen molar-refractivity contribution in [1.82, 2.24) is 15.3 Å². The second kappa shape index (κ2) is 4.74. The molecule has 0 spiro atoms. The Labute approximate surface area is 109 Å². The third-order valence-corrected chi connectivity index (χ3v) is 3.86. The average Bonchev–Trinajstić information content (AvgIpc) is 3.10. The van der Waals surface area contributed by atoms with E-state index in [4.69, 9.17) is 0 Å². The highest BCUT2D eigenvalue weighted by atomic mass is 19.4. The van der Waals surface area contributed by atoms with Crippen LogP contribution in [0.1, 0.15) is 43.0 Å². The van der Waals surface area contributed by atoms with E-state index in [0.717, 1.165) is 11.4 Å². The van der Waals surface area contributed by atoms with Gasteiger partial charge < -0.3 is 5.32 Å². The number of hydrogen-bond donors (Lipinski definition) is 1. The molecule has 2 aliphatic carbocycles. The molecule has 0 radical (unpaired) electrons. The van der Waals surface area contributed by atoms with Gasteiger partial charge in [-0.25, -0.2) is 9.97 Å². The lowest BCUT2D eigenvalue weighted by atomic mass is 9.80. The number of alkyl halides is 3. The van der Waals surface area contributed by atoms with Crippen LogP contribution >= 0.6 is 0 Å². The Morgan fingerprint density at radius 2 is 1.79 bits per heavy atom. The topological polar surface area (TPSA) is 37.8 Å². The zero-order valence-corrected chi connectivity index (χ0v) is 10.5. The zero-order valence-electron chi connectivity index (χ0n) is 10.5. The molecule has 3 rings (SSSR count). The molecule has 19 heavy (non-hydrogen) atoms. The highest BCUT2D eigenvalue weighted by molar-refractivity contribution is 5.10. The molecule has 6 heteroatoms. The minimum absolute atomic E-state index is 0.0327. The molecule has 2 aliphatic rings. The number of nitrogens with one attached hydrogen (secondary N) is 1. The molecule has 0 aliphatic heterocycles. The standard InChI is InChI=1S/C13H16F3N3/c14-13(15,16)10-3-11(4-10)17-5-8-6-18-12(19-7-8)9-1-2-9/h6-7,9-11,17H,1-5H2. The third-order valence-electron chi connectivity index (χ3n) is 3.86. The Kier molecular flexibility index (Phi) is 3.20. The van der Waals surface area contributed by atoms with E-state index in [9.17, 15) is 13.2 Å². The van der Waals surface area contributed by atoms with Gasteiger partial charge in [-0.2, -0.15) is 13.2 Å². The van der Waals surface area contributed by atoms with Gasteiger partial charge in [0.1, 0.15) is 5.82 Å². The molecule has 104 valence electrons. The highest BCUT2D eigenvalue weighted by Gasteiger charge is 2.47. The summed E-state index contributed by atoms with van der Waals surface area (Å²) in [6.07, 6.45) is 2.21. The molecule has 0 amide bonds. The number of halogens is 3. The molecule has 3 nitrogen and oxygen atoms in total. The van der Waals surface area contributed by atoms with Gasteiger partial charge in [-0.15, -0.1) is 0 Å². The van der Waals surface area contributed by atoms with Crippen LogP contribution in [-0.2, 0) is 6.54 Å². The van der Waals surface area contributed by atoms with Crippen molar-refractivity contribution >= 4 is 0 Å².